The largest absolute Gasteiger partial charge is 0.481 e. The molecule has 0 amide bonds. The SMILES string of the molecule is CCC(CCl)(CCl)Nc1cccc(OC)n1. The van der Waals surface area contributed by atoms with Gasteiger partial charge in [0.1, 0.15) is 5.82 Å². The molecule has 1 aromatic heterocycles. The lowest BCUT2D eigenvalue weighted by Crippen LogP contribution is -2.42. The van der Waals surface area contributed by atoms with E-state index in [2.05, 4.69) is 10.3 Å². The van der Waals surface area contributed by atoms with E-state index in [0.717, 1.165) is 12.2 Å². The number of anilines is 1. The zero-order valence-electron chi connectivity index (χ0n) is 9.46. The van der Waals surface area contributed by atoms with E-state index in [0.29, 0.717) is 17.6 Å². The predicted molar refractivity (Wildman–Crippen MR) is 68.9 cm³/mol. The molecule has 0 saturated heterocycles. The fraction of sp³-hybridized carbons (Fsp3) is 0.545. The highest BCUT2D eigenvalue weighted by atomic mass is 35.5. The van der Waals surface area contributed by atoms with Gasteiger partial charge in [-0.25, -0.2) is 0 Å². The standard InChI is InChI=1S/C11H16Cl2N2O/c1-3-11(7-12,8-13)15-9-5-4-6-10(14-9)16-2/h4-6H,3,7-8H2,1-2H3,(H,14,15). The summed E-state index contributed by atoms with van der Waals surface area (Å²) in [6, 6.07) is 5.53. The van der Waals surface area contributed by atoms with Gasteiger partial charge in [0.2, 0.25) is 5.88 Å². The lowest BCUT2D eigenvalue weighted by atomic mass is 10.0. The van der Waals surface area contributed by atoms with Gasteiger partial charge >= 0.3 is 0 Å². The van der Waals surface area contributed by atoms with Crippen molar-refractivity contribution in [2.45, 2.75) is 18.9 Å². The lowest BCUT2D eigenvalue weighted by Gasteiger charge is -2.30. The number of alkyl halides is 2. The molecule has 0 aliphatic carbocycles. The Kier molecular flexibility index (Phi) is 5.16. The lowest BCUT2D eigenvalue weighted by molar-refractivity contribution is 0.398. The summed E-state index contributed by atoms with van der Waals surface area (Å²) in [7, 11) is 1.59. The van der Waals surface area contributed by atoms with Crippen molar-refractivity contribution in [3.63, 3.8) is 0 Å². The molecule has 0 aromatic carbocycles. The van der Waals surface area contributed by atoms with Gasteiger partial charge in [-0.3, -0.25) is 0 Å². The van der Waals surface area contributed by atoms with Crippen molar-refractivity contribution < 1.29 is 4.74 Å². The summed E-state index contributed by atoms with van der Waals surface area (Å²) in [4.78, 5) is 4.27. The van der Waals surface area contributed by atoms with E-state index in [4.69, 9.17) is 27.9 Å². The van der Waals surface area contributed by atoms with Crippen LogP contribution >= 0.6 is 23.2 Å². The van der Waals surface area contributed by atoms with Crippen molar-refractivity contribution in [2.24, 2.45) is 0 Å². The fourth-order valence-corrected chi connectivity index (χ4v) is 2.05. The third-order valence-electron chi connectivity index (χ3n) is 2.51. The molecule has 0 unspecified atom stereocenters. The number of halogens is 2. The van der Waals surface area contributed by atoms with Crippen molar-refractivity contribution >= 4 is 29.0 Å². The molecule has 90 valence electrons. The number of aromatic nitrogens is 1. The quantitative estimate of drug-likeness (QED) is 0.800. The Bertz CT molecular complexity index is 321. The first-order chi connectivity index (χ1) is 7.69. The molecule has 5 heteroatoms. The molecule has 1 N–H and O–H groups in total. The topological polar surface area (TPSA) is 34.1 Å². The van der Waals surface area contributed by atoms with Gasteiger partial charge in [0.25, 0.3) is 0 Å². The highest BCUT2D eigenvalue weighted by Crippen LogP contribution is 2.22. The van der Waals surface area contributed by atoms with Crippen LogP contribution in [0, 0.1) is 0 Å². The molecule has 1 aromatic rings. The maximum Gasteiger partial charge on any atom is 0.214 e. The van der Waals surface area contributed by atoms with Gasteiger partial charge in [-0.1, -0.05) is 13.0 Å². The zero-order chi connectivity index (χ0) is 12.0. The number of rotatable bonds is 6. The maximum absolute atomic E-state index is 5.94. The third-order valence-corrected chi connectivity index (χ3v) is 3.54. The average Bonchev–Trinajstić information content (AvgIpc) is 2.36. The second kappa shape index (κ2) is 6.16. The van der Waals surface area contributed by atoms with Crippen molar-refractivity contribution in [2.75, 3.05) is 24.2 Å². The molecule has 1 heterocycles. The highest BCUT2D eigenvalue weighted by Gasteiger charge is 2.26. The van der Waals surface area contributed by atoms with E-state index >= 15 is 0 Å². The molecular weight excluding hydrogens is 247 g/mol. The van der Waals surface area contributed by atoms with Gasteiger partial charge in [0.15, 0.2) is 0 Å². The van der Waals surface area contributed by atoms with Crippen LogP contribution in [-0.4, -0.2) is 29.4 Å². The van der Waals surface area contributed by atoms with Crippen LogP contribution in [0.3, 0.4) is 0 Å². The van der Waals surface area contributed by atoms with E-state index < -0.39 is 0 Å². The average molecular weight is 263 g/mol. The monoisotopic (exact) mass is 262 g/mol. The third kappa shape index (κ3) is 3.16. The van der Waals surface area contributed by atoms with E-state index in [1.807, 2.05) is 19.1 Å². The molecule has 0 bridgehead atoms. The summed E-state index contributed by atoms with van der Waals surface area (Å²) in [5.41, 5.74) is -0.317. The minimum Gasteiger partial charge on any atom is -0.481 e. The molecule has 16 heavy (non-hydrogen) atoms. The van der Waals surface area contributed by atoms with Crippen LogP contribution in [0.1, 0.15) is 13.3 Å². The smallest absolute Gasteiger partial charge is 0.214 e. The number of nitrogens with one attached hydrogen (secondary N) is 1. The highest BCUT2D eigenvalue weighted by molar-refractivity contribution is 6.22. The Labute approximate surface area is 106 Å². The van der Waals surface area contributed by atoms with Gasteiger partial charge < -0.3 is 10.1 Å². The molecule has 1 rings (SSSR count). The summed E-state index contributed by atoms with van der Waals surface area (Å²) in [5.74, 6) is 2.17. The molecule has 0 radical (unpaired) electrons. The Balaban J connectivity index is 2.84. The Morgan fingerprint density at radius 3 is 2.56 bits per heavy atom. The number of methoxy groups -OCH3 is 1. The van der Waals surface area contributed by atoms with Crippen molar-refractivity contribution in [1.82, 2.24) is 4.98 Å². The number of hydrogen-bond acceptors (Lipinski definition) is 3. The van der Waals surface area contributed by atoms with E-state index in [1.54, 1.807) is 13.2 Å². The number of pyridine rings is 1. The molecule has 0 aliphatic rings. The number of hydrogen-bond donors (Lipinski definition) is 1. The Morgan fingerprint density at radius 1 is 1.38 bits per heavy atom. The predicted octanol–water partition coefficient (Wildman–Crippen LogP) is 3.13. The van der Waals surface area contributed by atoms with Gasteiger partial charge in [0.05, 0.1) is 12.6 Å². The van der Waals surface area contributed by atoms with Crippen LogP contribution in [0.5, 0.6) is 5.88 Å². The molecule has 0 fully saturated rings. The summed E-state index contributed by atoms with van der Waals surface area (Å²) >= 11 is 11.9. The van der Waals surface area contributed by atoms with Gasteiger partial charge in [-0.15, -0.1) is 23.2 Å². The van der Waals surface area contributed by atoms with E-state index in [9.17, 15) is 0 Å². The number of ether oxygens (including phenoxy) is 1. The first-order valence-corrected chi connectivity index (χ1v) is 6.17. The van der Waals surface area contributed by atoms with E-state index in [-0.39, 0.29) is 5.54 Å². The first kappa shape index (κ1) is 13.4. The van der Waals surface area contributed by atoms with Gasteiger partial charge in [-0.05, 0) is 12.5 Å². The van der Waals surface area contributed by atoms with Crippen LogP contribution in [0.4, 0.5) is 5.82 Å². The minimum atomic E-state index is -0.317. The molecule has 0 saturated carbocycles. The second-order valence-corrected chi connectivity index (χ2v) is 4.13. The first-order valence-electron chi connectivity index (χ1n) is 5.11. The van der Waals surface area contributed by atoms with E-state index in [1.165, 1.54) is 0 Å². The van der Waals surface area contributed by atoms with Crippen LogP contribution in [0.2, 0.25) is 0 Å². The molecule has 0 aliphatic heterocycles. The van der Waals surface area contributed by atoms with Crippen molar-refractivity contribution in [3.05, 3.63) is 18.2 Å². The Hall–Kier alpha value is -0.670. The molecule has 3 nitrogen and oxygen atoms in total. The Morgan fingerprint density at radius 2 is 2.06 bits per heavy atom. The summed E-state index contributed by atoms with van der Waals surface area (Å²) < 4.78 is 5.05. The normalized spacial score (nSPS) is 11.2. The molecular formula is C11H16Cl2N2O. The van der Waals surface area contributed by atoms with Crippen molar-refractivity contribution in [3.8, 4) is 5.88 Å². The fourth-order valence-electron chi connectivity index (χ4n) is 1.25. The van der Waals surface area contributed by atoms with Crippen LogP contribution in [-0.2, 0) is 0 Å². The second-order valence-electron chi connectivity index (χ2n) is 3.59. The van der Waals surface area contributed by atoms with Crippen LogP contribution in [0.15, 0.2) is 18.2 Å². The molecule has 0 atom stereocenters. The van der Waals surface area contributed by atoms with Gasteiger partial charge in [0, 0.05) is 17.8 Å². The summed E-state index contributed by atoms with van der Waals surface area (Å²) in [5, 5.41) is 3.26. The zero-order valence-corrected chi connectivity index (χ0v) is 11.0. The van der Waals surface area contributed by atoms with Crippen LogP contribution < -0.4 is 10.1 Å². The summed E-state index contributed by atoms with van der Waals surface area (Å²) in [6.07, 6.45) is 0.832. The minimum absolute atomic E-state index is 0.317. The van der Waals surface area contributed by atoms with Gasteiger partial charge in [-0.2, -0.15) is 4.98 Å². The van der Waals surface area contributed by atoms with Crippen molar-refractivity contribution in [1.29, 1.82) is 0 Å². The molecule has 0 spiro atoms. The maximum atomic E-state index is 5.94. The number of nitrogens with zero attached hydrogens (tertiary/aromatic N) is 1. The summed E-state index contributed by atoms with van der Waals surface area (Å²) in [6.45, 7) is 2.04. The van der Waals surface area contributed by atoms with Crippen LogP contribution in [0.25, 0.3) is 0 Å².